The summed E-state index contributed by atoms with van der Waals surface area (Å²) in [5.41, 5.74) is 2.09. The third kappa shape index (κ3) is 6.08. The molecular formula is C27H35N3O4. The summed E-state index contributed by atoms with van der Waals surface area (Å²) in [5, 5.41) is 0. The number of ether oxygens (including phenoxy) is 2. The standard InChI is InChI=1S/C27H35N3O4/c1-21(31)30(23-6-4-3-5-7-23)24-10-14-26(15-11-24)34-27(32)29-18-16-28(17-19-29)20-22-8-12-25(33-2)13-9-22/h8-15,23H,3-7,16-20H2,1-2H3. The van der Waals surface area contributed by atoms with Gasteiger partial charge in [0.2, 0.25) is 5.91 Å². The van der Waals surface area contributed by atoms with Crippen LogP contribution in [0, 0.1) is 0 Å². The Kier molecular flexibility index (Phi) is 8.06. The average molecular weight is 466 g/mol. The molecule has 1 heterocycles. The summed E-state index contributed by atoms with van der Waals surface area (Å²) < 4.78 is 10.8. The van der Waals surface area contributed by atoms with Gasteiger partial charge in [-0.25, -0.2) is 4.79 Å². The lowest BCUT2D eigenvalue weighted by molar-refractivity contribution is -0.117. The lowest BCUT2D eigenvalue weighted by Crippen LogP contribution is -2.49. The molecule has 0 aromatic heterocycles. The zero-order chi connectivity index (χ0) is 23.9. The molecule has 0 unspecified atom stereocenters. The quantitative estimate of drug-likeness (QED) is 0.619. The summed E-state index contributed by atoms with van der Waals surface area (Å²) in [6, 6.07) is 15.7. The van der Waals surface area contributed by atoms with E-state index in [9.17, 15) is 9.59 Å². The zero-order valence-corrected chi connectivity index (χ0v) is 20.2. The number of methoxy groups -OCH3 is 1. The highest BCUT2D eigenvalue weighted by molar-refractivity contribution is 5.92. The van der Waals surface area contributed by atoms with E-state index in [-0.39, 0.29) is 18.0 Å². The molecule has 0 spiro atoms. The van der Waals surface area contributed by atoms with Gasteiger partial charge in [-0.05, 0) is 54.8 Å². The second-order valence-electron chi connectivity index (χ2n) is 9.15. The van der Waals surface area contributed by atoms with Crippen LogP contribution in [0.25, 0.3) is 0 Å². The van der Waals surface area contributed by atoms with Crippen LogP contribution in [-0.2, 0) is 11.3 Å². The molecular weight excluding hydrogens is 430 g/mol. The predicted octanol–water partition coefficient (Wildman–Crippen LogP) is 4.70. The Morgan fingerprint density at radius 3 is 2.09 bits per heavy atom. The first-order valence-electron chi connectivity index (χ1n) is 12.3. The summed E-state index contributed by atoms with van der Waals surface area (Å²) in [5.74, 6) is 1.41. The molecule has 2 fully saturated rings. The van der Waals surface area contributed by atoms with Gasteiger partial charge >= 0.3 is 6.09 Å². The predicted molar refractivity (Wildman–Crippen MR) is 132 cm³/mol. The molecule has 0 radical (unpaired) electrons. The van der Waals surface area contributed by atoms with Crippen LogP contribution in [0.1, 0.15) is 44.6 Å². The normalized spacial score (nSPS) is 17.3. The topological polar surface area (TPSA) is 62.3 Å². The van der Waals surface area contributed by atoms with Crippen LogP contribution in [0.4, 0.5) is 10.5 Å². The number of hydrogen-bond donors (Lipinski definition) is 0. The Bertz CT molecular complexity index is 947. The molecule has 1 saturated heterocycles. The van der Waals surface area contributed by atoms with Gasteiger partial charge < -0.3 is 19.3 Å². The Balaban J connectivity index is 1.27. The van der Waals surface area contributed by atoms with Crippen molar-refractivity contribution in [1.82, 2.24) is 9.80 Å². The molecule has 1 aliphatic carbocycles. The minimum absolute atomic E-state index is 0.0594. The fourth-order valence-corrected chi connectivity index (χ4v) is 4.91. The number of amides is 2. The van der Waals surface area contributed by atoms with Crippen molar-refractivity contribution in [2.75, 3.05) is 38.2 Å². The van der Waals surface area contributed by atoms with Crippen molar-refractivity contribution >= 4 is 17.7 Å². The van der Waals surface area contributed by atoms with Crippen LogP contribution < -0.4 is 14.4 Å². The first kappa shape index (κ1) is 24.1. The Labute approximate surface area is 202 Å². The van der Waals surface area contributed by atoms with E-state index in [1.54, 1.807) is 31.1 Å². The number of carbonyl (C=O) groups is 2. The van der Waals surface area contributed by atoms with Gasteiger partial charge in [-0.2, -0.15) is 0 Å². The molecule has 34 heavy (non-hydrogen) atoms. The highest BCUT2D eigenvalue weighted by Gasteiger charge is 2.25. The van der Waals surface area contributed by atoms with Gasteiger partial charge in [0, 0.05) is 51.4 Å². The van der Waals surface area contributed by atoms with E-state index in [4.69, 9.17) is 9.47 Å². The molecule has 0 atom stereocenters. The third-order valence-corrected chi connectivity index (χ3v) is 6.79. The summed E-state index contributed by atoms with van der Waals surface area (Å²) in [4.78, 5) is 31.0. The average Bonchev–Trinajstić information content (AvgIpc) is 2.86. The van der Waals surface area contributed by atoms with Crippen LogP contribution >= 0.6 is 0 Å². The van der Waals surface area contributed by atoms with E-state index in [0.717, 1.165) is 56.8 Å². The van der Waals surface area contributed by atoms with Gasteiger partial charge in [0.1, 0.15) is 11.5 Å². The number of nitrogens with zero attached hydrogens (tertiary/aromatic N) is 3. The fourth-order valence-electron chi connectivity index (χ4n) is 4.91. The second-order valence-corrected chi connectivity index (χ2v) is 9.15. The van der Waals surface area contributed by atoms with Crippen LogP contribution in [0.3, 0.4) is 0 Å². The summed E-state index contributed by atoms with van der Waals surface area (Å²) >= 11 is 0. The van der Waals surface area contributed by atoms with Crippen molar-refractivity contribution in [2.24, 2.45) is 0 Å². The van der Waals surface area contributed by atoms with Crippen LogP contribution in [0.2, 0.25) is 0 Å². The highest BCUT2D eigenvalue weighted by atomic mass is 16.6. The van der Waals surface area contributed by atoms with E-state index < -0.39 is 0 Å². The van der Waals surface area contributed by atoms with Gasteiger partial charge in [0.25, 0.3) is 0 Å². The van der Waals surface area contributed by atoms with Gasteiger partial charge in [-0.3, -0.25) is 9.69 Å². The number of piperazine rings is 1. The van der Waals surface area contributed by atoms with Gasteiger partial charge in [-0.15, -0.1) is 0 Å². The molecule has 4 rings (SSSR count). The molecule has 182 valence electrons. The summed E-state index contributed by atoms with van der Waals surface area (Å²) in [6.07, 6.45) is 5.33. The van der Waals surface area contributed by atoms with Crippen molar-refractivity contribution in [1.29, 1.82) is 0 Å². The monoisotopic (exact) mass is 465 g/mol. The summed E-state index contributed by atoms with van der Waals surface area (Å²) in [7, 11) is 1.67. The number of rotatable bonds is 6. The minimum atomic E-state index is -0.326. The molecule has 0 bridgehead atoms. The van der Waals surface area contributed by atoms with Gasteiger partial charge in [0.15, 0.2) is 0 Å². The molecule has 2 aromatic carbocycles. The van der Waals surface area contributed by atoms with Crippen molar-refractivity contribution in [3.8, 4) is 11.5 Å². The van der Waals surface area contributed by atoms with Crippen molar-refractivity contribution in [3.05, 3.63) is 54.1 Å². The molecule has 1 aliphatic heterocycles. The molecule has 1 saturated carbocycles. The maximum atomic E-state index is 12.7. The third-order valence-electron chi connectivity index (χ3n) is 6.79. The number of benzene rings is 2. The van der Waals surface area contributed by atoms with Crippen LogP contribution in [0.5, 0.6) is 11.5 Å². The molecule has 2 aliphatic rings. The lowest BCUT2D eigenvalue weighted by Gasteiger charge is -2.34. The smallest absolute Gasteiger partial charge is 0.415 e. The number of anilines is 1. The Morgan fingerprint density at radius 2 is 1.50 bits per heavy atom. The second kappa shape index (κ2) is 11.4. The maximum absolute atomic E-state index is 12.7. The highest BCUT2D eigenvalue weighted by Crippen LogP contribution is 2.29. The summed E-state index contributed by atoms with van der Waals surface area (Å²) in [6.45, 7) is 5.34. The van der Waals surface area contributed by atoms with Crippen molar-refractivity contribution in [2.45, 2.75) is 51.6 Å². The van der Waals surface area contributed by atoms with E-state index >= 15 is 0 Å². The maximum Gasteiger partial charge on any atom is 0.415 e. The van der Waals surface area contributed by atoms with E-state index in [0.29, 0.717) is 18.8 Å². The van der Waals surface area contributed by atoms with Crippen LogP contribution in [-0.4, -0.2) is 61.1 Å². The Hall–Kier alpha value is -3.06. The Morgan fingerprint density at radius 1 is 0.882 bits per heavy atom. The van der Waals surface area contributed by atoms with E-state index in [2.05, 4.69) is 17.0 Å². The van der Waals surface area contributed by atoms with E-state index in [1.165, 1.54) is 12.0 Å². The van der Waals surface area contributed by atoms with Gasteiger partial charge in [-0.1, -0.05) is 31.4 Å². The van der Waals surface area contributed by atoms with Crippen molar-refractivity contribution in [3.63, 3.8) is 0 Å². The molecule has 2 amide bonds. The SMILES string of the molecule is COc1ccc(CN2CCN(C(=O)Oc3ccc(N(C(C)=O)C4CCCCC4)cc3)CC2)cc1. The first-order valence-corrected chi connectivity index (χ1v) is 12.3. The van der Waals surface area contributed by atoms with Crippen molar-refractivity contribution < 1.29 is 19.1 Å². The number of carbonyl (C=O) groups excluding carboxylic acids is 2. The minimum Gasteiger partial charge on any atom is -0.497 e. The van der Waals surface area contributed by atoms with E-state index in [1.807, 2.05) is 29.2 Å². The van der Waals surface area contributed by atoms with Gasteiger partial charge in [0.05, 0.1) is 7.11 Å². The van der Waals surface area contributed by atoms with Crippen LogP contribution in [0.15, 0.2) is 48.5 Å². The molecule has 7 nitrogen and oxygen atoms in total. The number of hydrogen-bond acceptors (Lipinski definition) is 5. The largest absolute Gasteiger partial charge is 0.497 e. The molecule has 7 heteroatoms. The molecule has 2 aromatic rings. The lowest BCUT2D eigenvalue weighted by atomic mass is 9.93. The first-order chi connectivity index (χ1) is 16.5. The molecule has 0 N–H and O–H groups in total. The zero-order valence-electron chi connectivity index (χ0n) is 20.2. The fraction of sp³-hybridized carbons (Fsp3) is 0.481.